The van der Waals surface area contributed by atoms with E-state index in [9.17, 15) is 4.79 Å². The lowest BCUT2D eigenvalue weighted by Crippen LogP contribution is -2.49. The third kappa shape index (κ3) is 4.08. The zero-order valence-corrected chi connectivity index (χ0v) is 14.2. The summed E-state index contributed by atoms with van der Waals surface area (Å²) < 4.78 is 1.71. The van der Waals surface area contributed by atoms with Gasteiger partial charge in [-0.2, -0.15) is 5.10 Å². The molecular formula is C16H29N5O. The first kappa shape index (κ1) is 17.0. The van der Waals surface area contributed by atoms with Crippen molar-refractivity contribution >= 4 is 5.91 Å². The molecule has 1 fully saturated rings. The molecule has 0 bridgehead atoms. The average molecular weight is 307 g/mol. The van der Waals surface area contributed by atoms with Crippen molar-refractivity contribution in [1.82, 2.24) is 25.3 Å². The molecule has 6 heteroatoms. The quantitative estimate of drug-likeness (QED) is 0.825. The monoisotopic (exact) mass is 307 g/mol. The number of nitrogens with zero attached hydrogens (tertiary/aromatic N) is 3. The summed E-state index contributed by atoms with van der Waals surface area (Å²) in [6.45, 7) is 6.29. The van der Waals surface area contributed by atoms with Crippen LogP contribution < -0.4 is 10.6 Å². The molecule has 22 heavy (non-hydrogen) atoms. The number of carbonyl (C=O) groups is 1. The third-order valence-corrected chi connectivity index (χ3v) is 4.60. The second-order valence-electron chi connectivity index (χ2n) is 6.35. The Morgan fingerprint density at radius 1 is 1.50 bits per heavy atom. The maximum absolute atomic E-state index is 12.4. The van der Waals surface area contributed by atoms with E-state index in [1.807, 2.05) is 13.2 Å². The van der Waals surface area contributed by atoms with Gasteiger partial charge in [-0.05, 0) is 40.3 Å². The van der Waals surface area contributed by atoms with Crippen LogP contribution in [0.15, 0.2) is 12.4 Å². The van der Waals surface area contributed by atoms with Gasteiger partial charge in [0.2, 0.25) is 5.91 Å². The van der Waals surface area contributed by atoms with Gasteiger partial charge < -0.3 is 10.6 Å². The highest BCUT2D eigenvalue weighted by Gasteiger charge is 2.25. The zero-order chi connectivity index (χ0) is 16.1. The Morgan fingerprint density at radius 2 is 2.27 bits per heavy atom. The summed E-state index contributed by atoms with van der Waals surface area (Å²) in [6.07, 6.45) is 7.44. The van der Waals surface area contributed by atoms with Crippen molar-refractivity contribution in [3.63, 3.8) is 0 Å². The predicted molar refractivity (Wildman–Crippen MR) is 87.5 cm³/mol. The topological polar surface area (TPSA) is 62.2 Å². The number of nitrogens with one attached hydrogen (secondary N) is 2. The summed E-state index contributed by atoms with van der Waals surface area (Å²) in [5.74, 6) is 0.00649. The van der Waals surface area contributed by atoms with Crippen molar-refractivity contribution in [1.29, 1.82) is 0 Å². The van der Waals surface area contributed by atoms with Crippen LogP contribution in [-0.2, 0) is 11.8 Å². The largest absolute Gasteiger partial charge is 0.353 e. The van der Waals surface area contributed by atoms with Gasteiger partial charge in [0.05, 0.1) is 6.20 Å². The maximum Gasteiger partial charge on any atom is 0.241 e. The molecule has 0 aromatic carbocycles. The summed E-state index contributed by atoms with van der Waals surface area (Å²) in [4.78, 5) is 14.9. The van der Waals surface area contributed by atoms with E-state index in [1.54, 1.807) is 17.9 Å². The van der Waals surface area contributed by atoms with Crippen LogP contribution in [0.2, 0.25) is 0 Å². The predicted octanol–water partition coefficient (Wildman–Crippen LogP) is 1.06. The van der Waals surface area contributed by atoms with E-state index in [4.69, 9.17) is 0 Å². The van der Waals surface area contributed by atoms with E-state index in [0.717, 1.165) is 12.1 Å². The van der Waals surface area contributed by atoms with E-state index >= 15 is 0 Å². The molecule has 1 aliphatic heterocycles. The molecule has 2 heterocycles. The number of hydrogen-bond acceptors (Lipinski definition) is 4. The SMILES string of the molecule is CNC(C(=O)NCC(C)N1CCCCC1C)c1cnn(C)c1. The van der Waals surface area contributed by atoms with Crippen LogP contribution in [-0.4, -0.2) is 52.8 Å². The molecule has 0 saturated carbocycles. The van der Waals surface area contributed by atoms with Crippen LogP contribution in [0, 0.1) is 0 Å². The molecule has 0 aliphatic carbocycles. The zero-order valence-electron chi connectivity index (χ0n) is 14.2. The molecule has 0 spiro atoms. The van der Waals surface area contributed by atoms with Crippen molar-refractivity contribution in [3.8, 4) is 0 Å². The van der Waals surface area contributed by atoms with Crippen LogP contribution in [0.3, 0.4) is 0 Å². The van der Waals surface area contributed by atoms with E-state index in [0.29, 0.717) is 18.6 Å². The van der Waals surface area contributed by atoms with Crippen LogP contribution in [0.5, 0.6) is 0 Å². The Balaban J connectivity index is 1.88. The minimum atomic E-state index is -0.348. The number of rotatable bonds is 6. The number of hydrogen-bond donors (Lipinski definition) is 2. The number of piperidine rings is 1. The van der Waals surface area contributed by atoms with Crippen LogP contribution in [0.25, 0.3) is 0 Å². The number of amides is 1. The van der Waals surface area contributed by atoms with Gasteiger partial charge in [-0.1, -0.05) is 6.42 Å². The number of carbonyl (C=O) groups excluding carboxylic acids is 1. The van der Waals surface area contributed by atoms with Gasteiger partial charge in [0.15, 0.2) is 0 Å². The summed E-state index contributed by atoms with van der Waals surface area (Å²) >= 11 is 0. The van der Waals surface area contributed by atoms with E-state index in [2.05, 4.69) is 34.5 Å². The van der Waals surface area contributed by atoms with E-state index in [-0.39, 0.29) is 11.9 Å². The van der Waals surface area contributed by atoms with Crippen molar-refractivity contribution in [2.45, 2.75) is 51.2 Å². The lowest BCUT2D eigenvalue weighted by Gasteiger charge is -2.38. The minimum Gasteiger partial charge on any atom is -0.353 e. The number of aromatic nitrogens is 2. The Hall–Kier alpha value is -1.40. The fraction of sp³-hybridized carbons (Fsp3) is 0.750. The summed E-state index contributed by atoms with van der Waals surface area (Å²) in [7, 11) is 3.65. The molecule has 1 aromatic rings. The highest BCUT2D eigenvalue weighted by molar-refractivity contribution is 5.83. The first-order valence-electron chi connectivity index (χ1n) is 8.22. The maximum atomic E-state index is 12.4. The summed E-state index contributed by atoms with van der Waals surface area (Å²) in [6, 6.07) is 0.629. The van der Waals surface area contributed by atoms with E-state index in [1.165, 1.54) is 19.3 Å². The van der Waals surface area contributed by atoms with Crippen LogP contribution in [0.4, 0.5) is 0 Å². The van der Waals surface area contributed by atoms with Gasteiger partial charge in [0.1, 0.15) is 6.04 Å². The van der Waals surface area contributed by atoms with Crippen molar-refractivity contribution < 1.29 is 4.79 Å². The van der Waals surface area contributed by atoms with Crippen molar-refractivity contribution in [2.75, 3.05) is 20.1 Å². The number of likely N-dealkylation sites (N-methyl/N-ethyl adjacent to an activating group) is 1. The molecule has 6 nitrogen and oxygen atoms in total. The van der Waals surface area contributed by atoms with Gasteiger partial charge in [0, 0.05) is 37.4 Å². The highest BCUT2D eigenvalue weighted by atomic mass is 16.2. The van der Waals surface area contributed by atoms with E-state index < -0.39 is 0 Å². The molecule has 2 rings (SSSR count). The number of likely N-dealkylation sites (tertiary alicyclic amines) is 1. The van der Waals surface area contributed by atoms with Gasteiger partial charge >= 0.3 is 0 Å². The third-order valence-electron chi connectivity index (χ3n) is 4.60. The van der Waals surface area contributed by atoms with Gasteiger partial charge in [0.25, 0.3) is 0 Å². The normalized spacial score (nSPS) is 22.3. The van der Waals surface area contributed by atoms with Crippen LogP contribution >= 0.6 is 0 Å². The molecule has 124 valence electrons. The van der Waals surface area contributed by atoms with Gasteiger partial charge in [-0.3, -0.25) is 14.4 Å². The molecule has 1 aromatic heterocycles. The average Bonchev–Trinajstić information content (AvgIpc) is 2.92. The fourth-order valence-corrected chi connectivity index (χ4v) is 3.28. The lowest BCUT2D eigenvalue weighted by molar-refractivity contribution is -0.123. The molecular weight excluding hydrogens is 278 g/mol. The second-order valence-corrected chi connectivity index (χ2v) is 6.35. The first-order chi connectivity index (χ1) is 10.5. The molecule has 2 N–H and O–H groups in total. The Labute approximate surface area is 133 Å². The number of aryl methyl sites for hydroxylation is 1. The fourth-order valence-electron chi connectivity index (χ4n) is 3.28. The molecule has 1 aliphatic rings. The summed E-state index contributed by atoms with van der Waals surface area (Å²) in [5, 5.41) is 10.3. The molecule has 3 unspecified atom stereocenters. The highest BCUT2D eigenvalue weighted by Crippen LogP contribution is 2.19. The first-order valence-corrected chi connectivity index (χ1v) is 8.22. The van der Waals surface area contributed by atoms with Gasteiger partial charge in [-0.25, -0.2) is 0 Å². The Bertz CT molecular complexity index is 487. The van der Waals surface area contributed by atoms with Crippen LogP contribution in [0.1, 0.15) is 44.7 Å². The smallest absolute Gasteiger partial charge is 0.241 e. The molecule has 1 amide bonds. The van der Waals surface area contributed by atoms with Crippen molar-refractivity contribution in [2.24, 2.45) is 7.05 Å². The Kier molecular flexibility index (Phi) is 5.97. The standard InChI is InChI=1S/C16H29N5O/c1-12-7-5-6-8-21(12)13(2)9-18-16(22)15(17-3)14-10-19-20(4)11-14/h10-13,15,17H,5-9H2,1-4H3,(H,18,22). The van der Waals surface area contributed by atoms with Crippen molar-refractivity contribution in [3.05, 3.63) is 18.0 Å². The lowest BCUT2D eigenvalue weighted by atomic mass is 10.0. The van der Waals surface area contributed by atoms with Gasteiger partial charge in [-0.15, -0.1) is 0 Å². The molecule has 0 radical (unpaired) electrons. The summed E-state index contributed by atoms with van der Waals surface area (Å²) in [5.41, 5.74) is 0.890. The molecule has 3 atom stereocenters. The second kappa shape index (κ2) is 7.74. The Morgan fingerprint density at radius 3 is 2.86 bits per heavy atom. The minimum absolute atomic E-state index is 0.00649. The molecule has 1 saturated heterocycles.